The molecule has 1 saturated heterocycles. The molecule has 0 aromatic heterocycles. The first-order chi connectivity index (χ1) is 7.59. The van der Waals surface area contributed by atoms with Crippen LogP contribution in [0, 0.1) is 6.92 Å². The maximum atomic E-state index is 11.8. The zero-order valence-corrected chi connectivity index (χ0v) is 9.81. The average molecular weight is 218 g/mol. The molecule has 2 unspecified atom stereocenters. The molecule has 3 heteroatoms. The predicted molar refractivity (Wildman–Crippen MR) is 63.9 cm³/mol. The highest BCUT2D eigenvalue weighted by Crippen LogP contribution is 2.26. The van der Waals surface area contributed by atoms with Crippen LogP contribution in [0.2, 0.25) is 0 Å². The first kappa shape index (κ1) is 11.1. The monoisotopic (exact) mass is 218 g/mol. The number of hydrogen-bond donors (Lipinski definition) is 1. The van der Waals surface area contributed by atoms with Crippen molar-refractivity contribution < 1.29 is 4.79 Å². The third-order valence-electron chi connectivity index (χ3n) is 3.29. The van der Waals surface area contributed by atoms with Crippen molar-refractivity contribution >= 4 is 5.91 Å². The standard InChI is InChI=1S/C13H18N2O/c1-9-5-3-4-6-12(9)10(2)15-8-11(14)7-13(15)16/h3-6,10-11H,7-8,14H2,1-2H3. The van der Waals surface area contributed by atoms with E-state index in [0.29, 0.717) is 13.0 Å². The minimum Gasteiger partial charge on any atom is -0.334 e. The van der Waals surface area contributed by atoms with Gasteiger partial charge >= 0.3 is 0 Å². The molecular weight excluding hydrogens is 200 g/mol. The molecular formula is C13H18N2O. The average Bonchev–Trinajstić information content (AvgIpc) is 2.58. The molecule has 16 heavy (non-hydrogen) atoms. The molecule has 2 N–H and O–H groups in total. The smallest absolute Gasteiger partial charge is 0.224 e. The van der Waals surface area contributed by atoms with E-state index >= 15 is 0 Å². The second kappa shape index (κ2) is 4.26. The van der Waals surface area contributed by atoms with Crippen molar-refractivity contribution in [1.29, 1.82) is 0 Å². The fourth-order valence-electron chi connectivity index (χ4n) is 2.36. The van der Waals surface area contributed by atoms with Gasteiger partial charge in [0.15, 0.2) is 0 Å². The van der Waals surface area contributed by atoms with Gasteiger partial charge < -0.3 is 10.6 Å². The number of carbonyl (C=O) groups is 1. The van der Waals surface area contributed by atoms with Crippen molar-refractivity contribution in [3.8, 4) is 0 Å². The maximum absolute atomic E-state index is 11.8. The number of hydrogen-bond acceptors (Lipinski definition) is 2. The number of nitrogens with zero attached hydrogens (tertiary/aromatic N) is 1. The summed E-state index contributed by atoms with van der Waals surface area (Å²) >= 11 is 0. The lowest BCUT2D eigenvalue weighted by Gasteiger charge is -2.26. The summed E-state index contributed by atoms with van der Waals surface area (Å²) in [5, 5.41) is 0. The summed E-state index contributed by atoms with van der Waals surface area (Å²) < 4.78 is 0. The molecule has 0 bridgehead atoms. The van der Waals surface area contributed by atoms with Crippen LogP contribution in [0.4, 0.5) is 0 Å². The molecule has 1 aliphatic heterocycles. The van der Waals surface area contributed by atoms with E-state index in [0.717, 1.165) is 0 Å². The van der Waals surface area contributed by atoms with Crippen LogP contribution in [-0.2, 0) is 4.79 Å². The summed E-state index contributed by atoms with van der Waals surface area (Å²) in [6.07, 6.45) is 0.482. The first-order valence-electron chi connectivity index (χ1n) is 5.70. The Bertz CT molecular complexity index is 403. The molecule has 1 aromatic carbocycles. The van der Waals surface area contributed by atoms with E-state index in [2.05, 4.69) is 26.0 Å². The predicted octanol–water partition coefficient (Wildman–Crippen LogP) is 1.62. The summed E-state index contributed by atoms with van der Waals surface area (Å²) in [5.41, 5.74) is 8.25. The third kappa shape index (κ3) is 1.95. The van der Waals surface area contributed by atoms with Crippen molar-refractivity contribution in [3.05, 3.63) is 35.4 Å². The Morgan fingerprint density at radius 2 is 2.12 bits per heavy atom. The highest BCUT2D eigenvalue weighted by atomic mass is 16.2. The van der Waals surface area contributed by atoms with Crippen LogP contribution in [0.15, 0.2) is 24.3 Å². The van der Waals surface area contributed by atoms with E-state index < -0.39 is 0 Å². The van der Waals surface area contributed by atoms with Crippen molar-refractivity contribution in [2.75, 3.05) is 6.54 Å². The molecule has 2 atom stereocenters. The number of likely N-dealkylation sites (tertiary alicyclic amines) is 1. The van der Waals surface area contributed by atoms with Crippen LogP contribution in [-0.4, -0.2) is 23.4 Å². The molecule has 2 rings (SSSR count). The minimum atomic E-state index is -0.000955. The van der Waals surface area contributed by atoms with Gasteiger partial charge in [-0.05, 0) is 25.0 Å². The molecule has 1 fully saturated rings. The van der Waals surface area contributed by atoms with Gasteiger partial charge in [-0.25, -0.2) is 0 Å². The normalized spacial score (nSPS) is 22.6. The molecule has 1 amide bonds. The van der Waals surface area contributed by atoms with Gasteiger partial charge in [0.2, 0.25) is 5.91 Å². The van der Waals surface area contributed by atoms with Gasteiger partial charge in [-0.3, -0.25) is 4.79 Å². The summed E-state index contributed by atoms with van der Waals surface area (Å²) in [6.45, 7) is 4.82. The van der Waals surface area contributed by atoms with E-state index in [1.54, 1.807) is 0 Å². The molecule has 0 aliphatic carbocycles. The van der Waals surface area contributed by atoms with Gasteiger partial charge in [-0.2, -0.15) is 0 Å². The Labute approximate surface area is 96.2 Å². The van der Waals surface area contributed by atoms with Gasteiger partial charge in [0, 0.05) is 19.0 Å². The molecule has 1 heterocycles. The Kier molecular flexibility index (Phi) is 2.97. The Morgan fingerprint density at radius 3 is 2.69 bits per heavy atom. The third-order valence-corrected chi connectivity index (χ3v) is 3.29. The second-order valence-electron chi connectivity index (χ2n) is 4.54. The highest BCUT2D eigenvalue weighted by molar-refractivity contribution is 5.79. The molecule has 3 nitrogen and oxygen atoms in total. The van der Waals surface area contributed by atoms with Gasteiger partial charge in [-0.1, -0.05) is 24.3 Å². The van der Waals surface area contributed by atoms with Gasteiger partial charge in [-0.15, -0.1) is 0 Å². The summed E-state index contributed by atoms with van der Waals surface area (Å²) in [7, 11) is 0. The topological polar surface area (TPSA) is 46.3 Å². The van der Waals surface area contributed by atoms with Crippen molar-refractivity contribution in [1.82, 2.24) is 4.90 Å². The minimum absolute atomic E-state index is 0.000955. The fraction of sp³-hybridized carbons (Fsp3) is 0.462. The quantitative estimate of drug-likeness (QED) is 0.819. The summed E-state index contributed by atoms with van der Waals surface area (Å²) in [4.78, 5) is 13.6. The molecule has 0 spiro atoms. The molecule has 1 aromatic rings. The SMILES string of the molecule is Cc1ccccc1C(C)N1CC(N)CC1=O. The highest BCUT2D eigenvalue weighted by Gasteiger charge is 2.31. The Morgan fingerprint density at radius 1 is 1.44 bits per heavy atom. The van der Waals surface area contributed by atoms with Gasteiger partial charge in [0.25, 0.3) is 0 Å². The van der Waals surface area contributed by atoms with Crippen molar-refractivity contribution in [2.45, 2.75) is 32.4 Å². The molecule has 0 saturated carbocycles. The number of rotatable bonds is 2. The molecule has 0 radical (unpaired) electrons. The fourth-order valence-corrected chi connectivity index (χ4v) is 2.36. The number of nitrogens with two attached hydrogens (primary N) is 1. The van der Waals surface area contributed by atoms with E-state index in [1.807, 2.05) is 17.0 Å². The Hall–Kier alpha value is -1.35. The van der Waals surface area contributed by atoms with Gasteiger partial charge in [0.1, 0.15) is 0 Å². The van der Waals surface area contributed by atoms with Crippen LogP contribution in [0.5, 0.6) is 0 Å². The van der Waals surface area contributed by atoms with E-state index in [4.69, 9.17) is 5.73 Å². The van der Waals surface area contributed by atoms with Gasteiger partial charge in [0.05, 0.1) is 6.04 Å². The molecule has 1 aliphatic rings. The lowest BCUT2D eigenvalue weighted by atomic mass is 10.0. The zero-order chi connectivity index (χ0) is 11.7. The van der Waals surface area contributed by atoms with Crippen LogP contribution in [0.25, 0.3) is 0 Å². The van der Waals surface area contributed by atoms with Crippen LogP contribution in [0.3, 0.4) is 0 Å². The number of aryl methyl sites for hydroxylation is 1. The Balaban J connectivity index is 2.23. The van der Waals surface area contributed by atoms with Crippen LogP contribution >= 0.6 is 0 Å². The number of amides is 1. The maximum Gasteiger partial charge on any atom is 0.224 e. The summed E-state index contributed by atoms with van der Waals surface area (Å²) in [6, 6.07) is 8.31. The lowest BCUT2D eigenvalue weighted by molar-refractivity contribution is -0.129. The zero-order valence-electron chi connectivity index (χ0n) is 9.81. The van der Waals surface area contributed by atoms with E-state index in [9.17, 15) is 4.79 Å². The lowest BCUT2D eigenvalue weighted by Crippen LogP contribution is -2.31. The number of benzene rings is 1. The van der Waals surface area contributed by atoms with Crippen LogP contribution in [0.1, 0.15) is 30.5 Å². The van der Waals surface area contributed by atoms with Crippen LogP contribution < -0.4 is 5.73 Å². The van der Waals surface area contributed by atoms with E-state index in [1.165, 1.54) is 11.1 Å². The largest absolute Gasteiger partial charge is 0.334 e. The van der Waals surface area contributed by atoms with Crippen molar-refractivity contribution in [2.24, 2.45) is 5.73 Å². The first-order valence-corrected chi connectivity index (χ1v) is 5.70. The molecule has 86 valence electrons. The number of carbonyl (C=O) groups excluding carboxylic acids is 1. The van der Waals surface area contributed by atoms with E-state index in [-0.39, 0.29) is 18.0 Å². The second-order valence-corrected chi connectivity index (χ2v) is 4.54. The summed E-state index contributed by atoms with van der Waals surface area (Å²) in [5.74, 6) is 0.170. The van der Waals surface area contributed by atoms with Crippen molar-refractivity contribution in [3.63, 3.8) is 0 Å².